The van der Waals surface area contributed by atoms with Crippen LogP contribution in [0.3, 0.4) is 0 Å². The van der Waals surface area contributed by atoms with Crippen LogP contribution in [0.2, 0.25) is 0 Å². The number of methoxy groups -OCH3 is 2. The van der Waals surface area contributed by atoms with Gasteiger partial charge < -0.3 is 29.2 Å². The predicted octanol–water partition coefficient (Wildman–Crippen LogP) is 2.74. The number of fused-ring (bicyclic) bond motifs is 1. The quantitative estimate of drug-likeness (QED) is 0.636. The molecule has 0 aromatic heterocycles. The van der Waals surface area contributed by atoms with E-state index >= 15 is 0 Å². The van der Waals surface area contributed by atoms with Crippen molar-refractivity contribution in [3.05, 3.63) is 41.5 Å². The average molecular weight is 344 g/mol. The summed E-state index contributed by atoms with van der Waals surface area (Å²) in [6.07, 6.45) is 2.87. The molecule has 0 amide bonds. The van der Waals surface area contributed by atoms with Crippen LogP contribution >= 0.6 is 0 Å². The van der Waals surface area contributed by atoms with Gasteiger partial charge in [0, 0.05) is 5.56 Å². The van der Waals surface area contributed by atoms with E-state index in [1.807, 2.05) is 0 Å². The molecule has 3 rings (SSSR count). The van der Waals surface area contributed by atoms with Crippen molar-refractivity contribution in [2.24, 2.45) is 0 Å². The lowest BCUT2D eigenvalue weighted by molar-refractivity contribution is 0.104. The van der Waals surface area contributed by atoms with E-state index in [0.717, 1.165) is 0 Å². The van der Waals surface area contributed by atoms with Crippen LogP contribution < -0.4 is 18.9 Å². The fourth-order valence-corrected chi connectivity index (χ4v) is 2.41. The number of phenols is 2. The van der Waals surface area contributed by atoms with E-state index in [-0.39, 0.29) is 46.9 Å². The minimum atomic E-state index is -0.325. The minimum absolute atomic E-state index is 0.0437. The second kappa shape index (κ2) is 6.64. The standard InChI is InChI=1S/C18H16O7/c1-22-14-7-11(8-15(23-2)17(14)21)12(19)4-3-10-5-13(20)18-16(6-10)24-9-25-18/h3-8,20-21H,9H2,1-2H3/b4-3+. The Kier molecular flexibility index (Phi) is 4.38. The Morgan fingerprint density at radius 1 is 1.08 bits per heavy atom. The van der Waals surface area contributed by atoms with Gasteiger partial charge in [-0.3, -0.25) is 4.79 Å². The molecule has 1 aliphatic heterocycles. The number of carbonyl (C=O) groups excluding carboxylic acids is 1. The van der Waals surface area contributed by atoms with Crippen LogP contribution in [0.25, 0.3) is 6.08 Å². The van der Waals surface area contributed by atoms with Crippen LogP contribution in [0.4, 0.5) is 0 Å². The molecular weight excluding hydrogens is 328 g/mol. The number of aromatic hydroxyl groups is 2. The summed E-state index contributed by atoms with van der Waals surface area (Å²) in [5, 5.41) is 19.8. The summed E-state index contributed by atoms with van der Waals surface area (Å²) >= 11 is 0. The van der Waals surface area contributed by atoms with E-state index in [0.29, 0.717) is 11.3 Å². The SMILES string of the molecule is COc1cc(C(=O)/C=C/c2cc(O)c3c(c2)OCO3)cc(OC)c1O. The average Bonchev–Trinajstić information content (AvgIpc) is 3.09. The molecule has 2 aromatic rings. The van der Waals surface area contributed by atoms with E-state index in [1.54, 1.807) is 6.07 Å². The number of hydrogen-bond acceptors (Lipinski definition) is 7. The van der Waals surface area contributed by atoms with Gasteiger partial charge in [0.05, 0.1) is 14.2 Å². The van der Waals surface area contributed by atoms with Gasteiger partial charge in [0.2, 0.25) is 18.3 Å². The normalized spacial score (nSPS) is 12.4. The molecule has 2 N–H and O–H groups in total. The van der Waals surface area contributed by atoms with Gasteiger partial charge >= 0.3 is 0 Å². The molecule has 0 saturated carbocycles. The van der Waals surface area contributed by atoms with E-state index in [4.69, 9.17) is 18.9 Å². The number of allylic oxidation sites excluding steroid dienone is 1. The maximum absolute atomic E-state index is 12.4. The van der Waals surface area contributed by atoms with Gasteiger partial charge in [-0.15, -0.1) is 0 Å². The van der Waals surface area contributed by atoms with Crippen LogP contribution in [0, 0.1) is 0 Å². The Morgan fingerprint density at radius 2 is 1.76 bits per heavy atom. The largest absolute Gasteiger partial charge is 0.504 e. The summed E-state index contributed by atoms with van der Waals surface area (Å²) in [5.74, 6) is 0.417. The number of carbonyl (C=O) groups is 1. The summed E-state index contributed by atoms with van der Waals surface area (Å²) in [4.78, 5) is 12.4. The number of ketones is 1. The summed E-state index contributed by atoms with van der Waals surface area (Å²) in [6, 6.07) is 5.96. The lowest BCUT2D eigenvalue weighted by Gasteiger charge is -2.09. The van der Waals surface area contributed by atoms with Gasteiger partial charge in [0.15, 0.2) is 28.8 Å². The number of rotatable bonds is 5. The van der Waals surface area contributed by atoms with Gasteiger partial charge in [0.25, 0.3) is 0 Å². The molecule has 0 atom stereocenters. The highest BCUT2D eigenvalue weighted by Gasteiger charge is 2.18. The fraction of sp³-hybridized carbons (Fsp3) is 0.167. The fourth-order valence-electron chi connectivity index (χ4n) is 2.41. The second-order valence-corrected chi connectivity index (χ2v) is 5.20. The molecule has 25 heavy (non-hydrogen) atoms. The molecule has 2 aromatic carbocycles. The minimum Gasteiger partial charge on any atom is -0.504 e. The number of benzene rings is 2. The van der Waals surface area contributed by atoms with Crippen molar-refractivity contribution in [3.8, 4) is 34.5 Å². The van der Waals surface area contributed by atoms with Crippen molar-refractivity contribution in [3.63, 3.8) is 0 Å². The third-order valence-electron chi connectivity index (χ3n) is 3.67. The first-order chi connectivity index (χ1) is 12.0. The molecule has 1 heterocycles. The molecule has 0 saturated heterocycles. The van der Waals surface area contributed by atoms with E-state index in [2.05, 4.69) is 0 Å². The van der Waals surface area contributed by atoms with Gasteiger partial charge in [-0.05, 0) is 35.9 Å². The Balaban J connectivity index is 1.87. The molecule has 0 radical (unpaired) electrons. The summed E-state index contributed by atoms with van der Waals surface area (Å²) < 4.78 is 20.4. The Bertz CT molecular complexity index is 830. The van der Waals surface area contributed by atoms with Crippen molar-refractivity contribution in [2.45, 2.75) is 0 Å². The van der Waals surface area contributed by atoms with E-state index in [9.17, 15) is 15.0 Å². The molecule has 0 aliphatic carbocycles. The zero-order chi connectivity index (χ0) is 18.0. The Labute approximate surface area is 143 Å². The zero-order valence-electron chi connectivity index (χ0n) is 13.6. The van der Waals surface area contributed by atoms with Crippen LogP contribution in [0.15, 0.2) is 30.3 Å². The third kappa shape index (κ3) is 3.16. The number of phenolic OH excluding ortho intramolecular Hbond substituents is 2. The summed E-state index contributed by atoms with van der Waals surface area (Å²) in [5.41, 5.74) is 0.862. The molecule has 7 heteroatoms. The summed E-state index contributed by atoms with van der Waals surface area (Å²) in [7, 11) is 2.77. The molecule has 0 spiro atoms. The molecule has 7 nitrogen and oxygen atoms in total. The lowest BCUT2D eigenvalue weighted by atomic mass is 10.1. The maximum Gasteiger partial charge on any atom is 0.231 e. The smallest absolute Gasteiger partial charge is 0.231 e. The molecule has 1 aliphatic rings. The Morgan fingerprint density at radius 3 is 2.40 bits per heavy atom. The first-order valence-corrected chi connectivity index (χ1v) is 7.33. The number of ether oxygens (including phenoxy) is 4. The van der Waals surface area contributed by atoms with Crippen LogP contribution in [-0.4, -0.2) is 37.0 Å². The Hall–Kier alpha value is -3.35. The predicted molar refractivity (Wildman–Crippen MR) is 88.8 cm³/mol. The third-order valence-corrected chi connectivity index (χ3v) is 3.67. The van der Waals surface area contributed by atoms with Crippen LogP contribution in [0.5, 0.6) is 34.5 Å². The molecule has 0 fully saturated rings. The molecule has 0 bridgehead atoms. The highest BCUT2D eigenvalue weighted by molar-refractivity contribution is 6.07. The van der Waals surface area contributed by atoms with Gasteiger partial charge in [-0.2, -0.15) is 0 Å². The van der Waals surface area contributed by atoms with E-state index < -0.39 is 0 Å². The van der Waals surface area contributed by atoms with Gasteiger partial charge in [-0.25, -0.2) is 0 Å². The topological polar surface area (TPSA) is 94.5 Å². The van der Waals surface area contributed by atoms with Crippen molar-refractivity contribution in [1.82, 2.24) is 0 Å². The highest BCUT2D eigenvalue weighted by Crippen LogP contribution is 2.41. The van der Waals surface area contributed by atoms with Crippen molar-refractivity contribution in [2.75, 3.05) is 21.0 Å². The molecule has 130 valence electrons. The zero-order valence-corrected chi connectivity index (χ0v) is 13.6. The number of hydrogen-bond donors (Lipinski definition) is 2. The first kappa shape index (κ1) is 16.5. The van der Waals surface area contributed by atoms with Crippen molar-refractivity contribution in [1.29, 1.82) is 0 Å². The van der Waals surface area contributed by atoms with E-state index in [1.165, 1.54) is 44.6 Å². The lowest BCUT2D eigenvalue weighted by Crippen LogP contribution is -1.98. The van der Waals surface area contributed by atoms with Crippen molar-refractivity contribution < 1.29 is 34.0 Å². The second-order valence-electron chi connectivity index (χ2n) is 5.20. The van der Waals surface area contributed by atoms with Gasteiger partial charge in [0.1, 0.15) is 0 Å². The monoisotopic (exact) mass is 344 g/mol. The first-order valence-electron chi connectivity index (χ1n) is 7.33. The van der Waals surface area contributed by atoms with Crippen LogP contribution in [0.1, 0.15) is 15.9 Å². The summed E-state index contributed by atoms with van der Waals surface area (Å²) in [6.45, 7) is 0.0437. The highest BCUT2D eigenvalue weighted by atomic mass is 16.7. The van der Waals surface area contributed by atoms with Gasteiger partial charge in [-0.1, -0.05) is 6.08 Å². The molecule has 0 unspecified atom stereocenters. The van der Waals surface area contributed by atoms with Crippen molar-refractivity contribution >= 4 is 11.9 Å². The maximum atomic E-state index is 12.4. The molecular formula is C18H16O7. The van der Waals surface area contributed by atoms with Crippen LogP contribution in [-0.2, 0) is 0 Å².